The zero-order chi connectivity index (χ0) is 28.4. The van der Waals surface area contributed by atoms with Gasteiger partial charge in [-0.1, -0.05) is 23.2 Å². The van der Waals surface area contributed by atoms with Crippen molar-refractivity contribution < 1.29 is 9.47 Å². The Labute approximate surface area is 243 Å². The summed E-state index contributed by atoms with van der Waals surface area (Å²) in [6.07, 6.45) is 4.67. The molecule has 0 bridgehead atoms. The average Bonchev–Trinajstić information content (AvgIpc) is 3.32. The van der Waals surface area contributed by atoms with Crippen LogP contribution in [0.4, 0.5) is 5.82 Å². The van der Waals surface area contributed by atoms with E-state index < -0.39 is 6.10 Å². The Balaban J connectivity index is 1.33. The molecular weight excluding hydrogens is 549 g/mol. The first-order valence-corrected chi connectivity index (χ1v) is 13.9. The predicted octanol–water partition coefficient (Wildman–Crippen LogP) is 5.93. The number of aromatic amines is 1. The van der Waals surface area contributed by atoms with Gasteiger partial charge in [0.25, 0.3) is 0 Å². The molecule has 1 aliphatic heterocycles. The Kier molecular flexibility index (Phi) is 8.15. The first-order valence-electron chi connectivity index (χ1n) is 13.1. The van der Waals surface area contributed by atoms with E-state index in [0.717, 1.165) is 36.1 Å². The first-order chi connectivity index (χ1) is 19.2. The van der Waals surface area contributed by atoms with Gasteiger partial charge in [0.15, 0.2) is 0 Å². The molecule has 208 valence electrons. The van der Waals surface area contributed by atoms with E-state index in [4.69, 9.17) is 32.7 Å². The van der Waals surface area contributed by atoms with Crippen molar-refractivity contribution in [1.82, 2.24) is 25.5 Å². The van der Waals surface area contributed by atoms with E-state index in [-0.39, 0.29) is 11.6 Å². The molecule has 0 radical (unpaired) electrons. The molecule has 40 heavy (non-hydrogen) atoms. The molecule has 0 spiro atoms. The molecule has 9 nitrogen and oxygen atoms in total. The summed E-state index contributed by atoms with van der Waals surface area (Å²) in [5.74, 6) is 1.30. The van der Waals surface area contributed by atoms with Crippen molar-refractivity contribution in [2.45, 2.75) is 45.4 Å². The van der Waals surface area contributed by atoms with Crippen molar-refractivity contribution in [3.8, 4) is 23.1 Å². The third-order valence-electron chi connectivity index (χ3n) is 6.89. The van der Waals surface area contributed by atoms with Crippen LogP contribution in [0.2, 0.25) is 10.0 Å². The number of nitriles is 1. The van der Waals surface area contributed by atoms with Crippen molar-refractivity contribution in [2.24, 2.45) is 0 Å². The zero-order valence-corrected chi connectivity index (χ0v) is 24.3. The molecule has 2 N–H and O–H groups in total. The lowest BCUT2D eigenvalue weighted by atomic mass is 9.91. The largest absolute Gasteiger partial charge is 0.486 e. The molecule has 1 fully saturated rings. The van der Waals surface area contributed by atoms with Crippen molar-refractivity contribution in [3.63, 3.8) is 0 Å². The third kappa shape index (κ3) is 5.86. The number of rotatable bonds is 10. The van der Waals surface area contributed by atoms with Gasteiger partial charge in [-0.05, 0) is 52.0 Å². The van der Waals surface area contributed by atoms with Crippen LogP contribution >= 0.6 is 23.2 Å². The quantitative estimate of drug-likeness (QED) is 0.222. The fraction of sp³-hybridized carbons (Fsp3) is 0.379. The maximum atomic E-state index is 9.95. The summed E-state index contributed by atoms with van der Waals surface area (Å²) in [6, 6.07) is 9.82. The standard InChI is InChI=1S/C29H31Cl2N7O2/c1-17(2)39-8-7-35-29(4)15-38(16-29)28-19(11-32)9-20(12-34-28)27-22-10-21(5-6-25(22)36-37-27)40-18(3)26-23(30)13-33-14-24(26)31/h5-6,9-10,12-14,17-18,35H,7-8,15-16H2,1-4H3,(H,36,37)/t18-/m1/s1. The number of fused-ring (bicyclic) bond motifs is 1. The van der Waals surface area contributed by atoms with Crippen molar-refractivity contribution in [1.29, 1.82) is 5.26 Å². The van der Waals surface area contributed by atoms with Crippen LogP contribution < -0.4 is 15.0 Å². The minimum absolute atomic E-state index is 0.0515. The number of hydrogen-bond donors (Lipinski definition) is 2. The Morgan fingerprint density at radius 2 is 1.90 bits per heavy atom. The number of benzene rings is 1. The monoisotopic (exact) mass is 579 g/mol. The molecule has 3 aromatic heterocycles. The lowest BCUT2D eigenvalue weighted by Gasteiger charge is -2.49. The molecule has 0 unspecified atom stereocenters. The van der Waals surface area contributed by atoms with E-state index in [1.807, 2.05) is 45.0 Å². The van der Waals surface area contributed by atoms with Gasteiger partial charge in [-0.15, -0.1) is 0 Å². The van der Waals surface area contributed by atoms with E-state index in [0.29, 0.717) is 45.0 Å². The van der Waals surface area contributed by atoms with E-state index in [1.165, 1.54) is 0 Å². The Hall–Kier alpha value is -3.42. The Bertz CT molecular complexity index is 1540. The molecule has 5 rings (SSSR count). The maximum Gasteiger partial charge on any atom is 0.146 e. The van der Waals surface area contributed by atoms with Crippen molar-refractivity contribution >= 4 is 39.9 Å². The number of nitrogens with zero attached hydrogens (tertiary/aromatic N) is 5. The SMILES string of the molecule is CC(C)OCCNC1(C)CN(c2ncc(-c3n[nH]c4ccc(O[C@H](C)c5c(Cl)cncc5Cl)cc34)cc2C#N)C1. The van der Waals surface area contributed by atoms with Crippen LogP contribution in [0.25, 0.3) is 22.2 Å². The Morgan fingerprint density at radius 1 is 1.15 bits per heavy atom. The molecule has 0 aliphatic carbocycles. The summed E-state index contributed by atoms with van der Waals surface area (Å²) in [6.45, 7) is 11.1. The van der Waals surface area contributed by atoms with Crippen LogP contribution in [0.5, 0.6) is 5.75 Å². The minimum atomic E-state index is -0.402. The molecule has 1 saturated heterocycles. The molecule has 11 heteroatoms. The van der Waals surface area contributed by atoms with E-state index >= 15 is 0 Å². The van der Waals surface area contributed by atoms with Gasteiger partial charge in [-0.2, -0.15) is 10.4 Å². The fourth-order valence-electron chi connectivity index (χ4n) is 4.99. The smallest absolute Gasteiger partial charge is 0.146 e. The van der Waals surface area contributed by atoms with Crippen molar-refractivity contribution in [3.05, 3.63) is 64.0 Å². The number of halogens is 2. The topological polar surface area (TPSA) is 112 Å². The van der Waals surface area contributed by atoms with Gasteiger partial charge >= 0.3 is 0 Å². The van der Waals surface area contributed by atoms with Gasteiger partial charge in [-0.3, -0.25) is 10.1 Å². The van der Waals surface area contributed by atoms with Gasteiger partial charge in [0, 0.05) is 54.7 Å². The molecule has 1 aliphatic rings. The molecule has 4 heterocycles. The molecule has 1 atom stereocenters. The van der Waals surface area contributed by atoms with Crippen LogP contribution in [-0.2, 0) is 4.74 Å². The van der Waals surface area contributed by atoms with Crippen LogP contribution in [-0.4, -0.2) is 58.0 Å². The van der Waals surface area contributed by atoms with Crippen LogP contribution in [0.15, 0.2) is 42.9 Å². The number of aromatic nitrogens is 4. The molecule has 0 saturated carbocycles. The minimum Gasteiger partial charge on any atom is -0.486 e. The average molecular weight is 581 g/mol. The molecular formula is C29H31Cl2N7O2. The second-order valence-corrected chi connectivity index (χ2v) is 11.3. The predicted molar refractivity (Wildman–Crippen MR) is 157 cm³/mol. The second-order valence-electron chi connectivity index (χ2n) is 10.5. The lowest BCUT2D eigenvalue weighted by Crippen LogP contribution is -2.68. The van der Waals surface area contributed by atoms with Gasteiger partial charge in [0.1, 0.15) is 29.4 Å². The second kappa shape index (κ2) is 11.6. The maximum absolute atomic E-state index is 9.95. The molecule has 1 aromatic carbocycles. The number of hydrogen-bond acceptors (Lipinski definition) is 8. The van der Waals surface area contributed by atoms with Crippen LogP contribution in [0, 0.1) is 11.3 Å². The number of nitrogens with one attached hydrogen (secondary N) is 2. The molecule has 0 amide bonds. The summed E-state index contributed by atoms with van der Waals surface area (Å²) < 4.78 is 11.8. The third-order valence-corrected chi connectivity index (χ3v) is 7.49. The van der Waals surface area contributed by atoms with Gasteiger partial charge in [-0.25, -0.2) is 4.98 Å². The summed E-state index contributed by atoms with van der Waals surface area (Å²) in [4.78, 5) is 10.8. The highest BCUT2D eigenvalue weighted by Gasteiger charge is 2.39. The summed E-state index contributed by atoms with van der Waals surface area (Å²) in [5.41, 5.74) is 3.38. The lowest BCUT2D eigenvalue weighted by molar-refractivity contribution is 0.0746. The number of ether oxygens (including phenoxy) is 2. The van der Waals surface area contributed by atoms with E-state index in [1.54, 1.807) is 18.6 Å². The van der Waals surface area contributed by atoms with Gasteiger partial charge in [0.05, 0.1) is 39.4 Å². The first kappa shape index (κ1) is 28.1. The highest BCUT2D eigenvalue weighted by Crippen LogP contribution is 2.36. The molecule has 4 aromatic rings. The van der Waals surface area contributed by atoms with Crippen LogP contribution in [0.3, 0.4) is 0 Å². The van der Waals surface area contributed by atoms with Gasteiger partial charge < -0.3 is 19.7 Å². The summed E-state index contributed by atoms with van der Waals surface area (Å²) in [7, 11) is 0. The number of H-pyrrole nitrogens is 1. The summed E-state index contributed by atoms with van der Waals surface area (Å²) >= 11 is 12.6. The highest BCUT2D eigenvalue weighted by molar-refractivity contribution is 6.35. The summed E-state index contributed by atoms with van der Waals surface area (Å²) in [5, 5.41) is 22.8. The fourth-order valence-corrected chi connectivity index (χ4v) is 5.66. The normalized spacial score (nSPS) is 15.2. The number of anilines is 1. The Morgan fingerprint density at radius 3 is 2.60 bits per heavy atom. The number of pyridine rings is 2. The van der Waals surface area contributed by atoms with Crippen LogP contribution in [0.1, 0.15) is 44.9 Å². The van der Waals surface area contributed by atoms with Gasteiger partial charge in [0.2, 0.25) is 0 Å². The van der Waals surface area contributed by atoms with E-state index in [2.05, 4.69) is 43.4 Å². The highest BCUT2D eigenvalue weighted by atomic mass is 35.5. The van der Waals surface area contributed by atoms with Crippen molar-refractivity contribution in [2.75, 3.05) is 31.1 Å². The van der Waals surface area contributed by atoms with E-state index in [9.17, 15) is 5.26 Å². The zero-order valence-electron chi connectivity index (χ0n) is 22.8.